The topological polar surface area (TPSA) is 285 Å². The van der Waals surface area contributed by atoms with Gasteiger partial charge in [0.15, 0.2) is 23.1 Å². The van der Waals surface area contributed by atoms with E-state index in [-0.39, 0.29) is 99.1 Å². The van der Waals surface area contributed by atoms with Crippen molar-refractivity contribution >= 4 is 64.4 Å². The monoisotopic (exact) mass is 959 g/mol. The van der Waals surface area contributed by atoms with E-state index in [0.29, 0.717) is 51.6 Å². The molecule has 18 nitrogen and oxygen atoms in total. The summed E-state index contributed by atoms with van der Waals surface area (Å²) in [5.41, 5.74) is 5.32. The number of nitrogens with zero attached hydrogens (tertiary/aromatic N) is 1. The highest BCUT2D eigenvalue weighted by molar-refractivity contribution is 5.97. The fourth-order valence-electron chi connectivity index (χ4n) is 9.10. The number of nitrogens with two attached hydrogens (primary N) is 1. The van der Waals surface area contributed by atoms with Gasteiger partial charge in [0.25, 0.3) is 0 Å². The van der Waals surface area contributed by atoms with Crippen molar-refractivity contribution in [3.05, 3.63) is 0 Å². The lowest BCUT2D eigenvalue weighted by atomic mass is 9.88. The molecule has 2 heterocycles. The second-order valence-electron chi connectivity index (χ2n) is 20.8. The fraction of sp³-hybridized carbons (Fsp3) is 0.780. The molecule has 0 saturated carbocycles. The van der Waals surface area contributed by atoms with Crippen LogP contribution in [0.4, 0.5) is 0 Å². The number of Topliss-reactive ketones (excluding diaryl/α,β-unsaturated/α-hetero) is 5. The van der Waals surface area contributed by atoms with Crippen LogP contribution < -0.4 is 27.0 Å². The van der Waals surface area contributed by atoms with E-state index < -0.39 is 95.3 Å². The summed E-state index contributed by atoms with van der Waals surface area (Å²) in [4.78, 5) is 144. The third-order valence-electron chi connectivity index (χ3n) is 12.9. The summed E-state index contributed by atoms with van der Waals surface area (Å²) in [7, 11) is 0. The van der Waals surface area contributed by atoms with E-state index in [9.17, 15) is 57.8 Å². The number of unbranched alkanes of at least 4 members (excludes halogenated alkanes) is 2. The van der Waals surface area contributed by atoms with Gasteiger partial charge < -0.3 is 37.0 Å². The van der Waals surface area contributed by atoms with Crippen LogP contribution in [-0.2, 0) is 52.7 Å². The Balaban J connectivity index is 1.98. The van der Waals surface area contributed by atoms with Gasteiger partial charge in [-0.15, -0.1) is 0 Å². The molecule has 0 bridgehead atoms. The van der Waals surface area contributed by atoms with Crippen LogP contribution in [0.5, 0.6) is 0 Å². The van der Waals surface area contributed by atoms with Gasteiger partial charge in [-0.2, -0.15) is 0 Å². The quantitative estimate of drug-likeness (QED) is 0.0500. The number of carboxylic acid groups (broad SMARTS) is 1. The number of aliphatic carboxylic acids is 1. The van der Waals surface area contributed by atoms with E-state index >= 15 is 0 Å². The molecule has 0 aromatic carbocycles. The summed E-state index contributed by atoms with van der Waals surface area (Å²) >= 11 is 0. The summed E-state index contributed by atoms with van der Waals surface area (Å²) in [6, 6.07) is -3.23. The molecule has 2 aliphatic heterocycles. The summed E-state index contributed by atoms with van der Waals surface area (Å²) < 4.78 is 0. The van der Waals surface area contributed by atoms with Crippen LogP contribution in [0.3, 0.4) is 0 Å². The van der Waals surface area contributed by atoms with Gasteiger partial charge >= 0.3 is 5.97 Å². The number of likely N-dealkylation sites (tertiary alicyclic amines) is 1. The highest BCUT2D eigenvalue weighted by Gasteiger charge is 2.37. The first-order chi connectivity index (χ1) is 31.8. The van der Waals surface area contributed by atoms with Crippen molar-refractivity contribution < 1.29 is 57.8 Å². The van der Waals surface area contributed by atoms with Gasteiger partial charge in [-0.05, 0) is 69.1 Å². The van der Waals surface area contributed by atoms with E-state index in [2.05, 4.69) is 21.3 Å². The van der Waals surface area contributed by atoms with Crippen molar-refractivity contribution in [2.45, 2.75) is 195 Å². The minimum Gasteiger partial charge on any atom is -0.481 e. The molecule has 68 heavy (non-hydrogen) atoms. The minimum atomic E-state index is -1.14. The molecule has 7 N–H and O–H groups in total. The van der Waals surface area contributed by atoms with Crippen LogP contribution in [0.25, 0.3) is 0 Å². The average molecular weight is 959 g/mol. The molecule has 384 valence electrons. The number of nitrogens with one attached hydrogen (secondary N) is 4. The zero-order valence-electron chi connectivity index (χ0n) is 42.0. The van der Waals surface area contributed by atoms with Gasteiger partial charge in [0.05, 0.1) is 36.6 Å². The van der Waals surface area contributed by atoms with Crippen molar-refractivity contribution in [2.75, 3.05) is 19.6 Å². The molecule has 0 aliphatic carbocycles. The molecular weight excluding hydrogens is 877 g/mol. The lowest BCUT2D eigenvalue weighted by Crippen LogP contribution is -2.45. The lowest BCUT2D eigenvalue weighted by molar-refractivity contribution is -0.145. The molecule has 0 aromatic rings. The first-order valence-corrected chi connectivity index (χ1v) is 24.9. The Bertz CT molecular complexity index is 1800. The molecule has 2 rings (SSSR count). The predicted octanol–water partition coefficient (Wildman–Crippen LogP) is 3.92. The SMILES string of the molecule is CCCCC[C@H](CC(=O)[C@@H]1CCCN1C(=O)CCC(=O)[C@H](C)NC(=O)[C@@H](CC(=O)CNC(=O)[C@@H](CC(=O)[C@H](CCC(N)=O)NC(=O)CCC(=O)[C@@H]1CC(C)(C)CN1)CC(C)C)CC(C)C)C(=O)O. The normalized spacial score (nSPS) is 18.8. The molecule has 5 amide bonds. The predicted molar refractivity (Wildman–Crippen MR) is 254 cm³/mol. The van der Waals surface area contributed by atoms with Crippen LogP contribution in [0.1, 0.15) is 171 Å². The van der Waals surface area contributed by atoms with Crippen molar-refractivity contribution in [1.29, 1.82) is 0 Å². The number of hydrogen-bond donors (Lipinski definition) is 6. The van der Waals surface area contributed by atoms with E-state index in [0.717, 1.165) is 12.8 Å². The zero-order valence-corrected chi connectivity index (χ0v) is 42.0. The van der Waals surface area contributed by atoms with Gasteiger partial charge in [0.1, 0.15) is 5.78 Å². The van der Waals surface area contributed by atoms with E-state index in [4.69, 9.17) is 5.73 Å². The van der Waals surface area contributed by atoms with Gasteiger partial charge in [-0.1, -0.05) is 67.7 Å². The number of carbonyl (C=O) groups is 11. The lowest BCUT2D eigenvalue weighted by Gasteiger charge is -2.25. The molecule has 0 aromatic heterocycles. The standard InChI is InChI=1S/C50H82N6O12/c1-9-10-11-13-33(49(67)68)25-43(61)39-14-12-21-56(39)46(64)20-17-40(58)32(6)54-48(66)34(22-30(2)3)24-36(57)28-52-47(65)35(23-31(4)5)26-42(60)37(15-18-44(51)62)55-45(63)19-16-41(59)38-27-50(7,8)29-53-38/h30-35,37-39,53H,9-29H2,1-8H3,(H2,51,62)(H,52,65)(H,54,66)(H,55,63)(H,67,68)/t32-,33+,34+,35+,37-,38-,39-/m0/s1. The molecule has 0 radical (unpaired) electrons. The number of carbonyl (C=O) groups excluding carboxylic acids is 10. The second-order valence-corrected chi connectivity index (χ2v) is 20.8. The van der Waals surface area contributed by atoms with Crippen molar-refractivity contribution in [3.63, 3.8) is 0 Å². The van der Waals surface area contributed by atoms with Gasteiger partial charge in [0, 0.05) is 76.3 Å². The Hall–Kier alpha value is -4.87. The third kappa shape index (κ3) is 21.6. The second kappa shape index (κ2) is 29.2. The first-order valence-electron chi connectivity index (χ1n) is 24.9. The number of primary amides is 1. The largest absolute Gasteiger partial charge is 0.481 e. The smallest absolute Gasteiger partial charge is 0.306 e. The average Bonchev–Trinajstić information content (AvgIpc) is 3.90. The van der Waals surface area contributed by atoms with E-state index in [1.165, 1.54) is 11.8 Å². The number of carboxylic acids is 1. The van der Waals surface area contributed by atoms with Crippen LogP contribution in [0, 0.1) is 35.0 Å². The number of ketones is 5. The number of amides is 5. The van der Waals surface area contributed by atoms with Crippen LogP contribution in [0.2, 0.25) is 0 Å². The zero-order chi connectivity index (χ0) is 51.3. The van der Waals surface area contributed by atoms with Crippen molar-refractivity contribution in [1.82, 2.24) is 26.2 Å². The fourth-order valence-corrected chi connectivity index (χ4v) is 9.10. The van der Waals surface area contributed by atoms with Gasteiger partial charge in [-0.25, -0.2) is 0 Å². The molecule has 0 spiro atoms. The molecule has 18 heteroatoms. The maximum absolute atomic E-state index is 13.7. The Morgan fingerprint density at radius 1 is 0.735 bits per heavy atom. The van der Waals surface area contributed by atoms with Crippen LogP contribution in [0.15, 0.2) is 0 Å². The molecule has 7 atom stereocenters. The molecular formula is C50H82N6O12. The Labute approximate surface area is 402 Å². The van der Waals surface area contributed by atoms with Gasteiger partial charge in [0.2, 0.25) is 29.5 Å². The van der Waals surface area contributed by atoms with Crippen molar-refractivity contribution in [3.8, 4) is 0 Å². The van der Waals surface area contributed by atoms with Crippen molar-refractivity contribution in [2.24, 2.45) is 40.7 Å². The Morgan fingerprint density at radius 3 is 1.96 bits per heavy atom. The maximum atomic E-state index is 13.7. The summed E-state index contributed by atoms with van der Waals surface area (Å²) in [6.07, 6.45) is 3.47. The summed E-state index contributed by atoms with van der Waals surface area (Å²) in [5.74, 6) is -8.18. The van der Waals surface area contributed by atoms with E-state index in [1.807, 2.05) is 48.5 Å². The third-order valence-corrected chi connectivity index (χ3v) is 12.9. The number of rotatable bonds is 34. The summed E-state index contributed by atoms with van der Waals surface area (Å²) in [6.45, 7) is 15.6. The molecule has 0 unspecified atom stereocenters. The minimum absolute atomic E-state index is 0.0170. The highest BCUT2D eigenvalue weighted by Crippen LogP contribution is 2.28. The number of hydrogen-bond acceptors (Lipinski definition) is 12. The first kappa shape index (κ1) is 59.3. The molecule has 2 fully saturated rings. The van der Waals surface area contributed by atoms with E-state index in [1.54, 1.807) is 0 Å². The highest BCUT2D eigenvalue weighted by atomic mass is 16.4. The molecule has 2 saturated heterocycles. The Morgan fingerprint density at radius 2 is 1.38 bits per heavy atom. The molecule has 2 aliphatic rings. The maximum Gasteiger partial charge on any atom is 0.306 e. The summed E-state index contributed by atoms with van der Waals surface area (Å²) in [5, 5.41) is 20.8. The van der Waals surface area contributed by atoms with Gasteiger partial charge in [-0.3, -0.25) is 52.7 Å². The Kier molecular flexibility index (Phi) is 25.5. The van der Waals surface area contributed by atoms with Crippen LogP contribution >= 0.6 is 0 Å². The van der Waals surface area contributed by atoms with Crippen LogP contribution in [-0.4, -0.2) is 118 Å².